The van der Waals surface area contributed by atoms with Crippen LogP contribution in [0.25, 0.3) is 5.76 Å². The van der Waals surface area contributed by atoms with Crippen LogP contribution in [0.1, 0.15) is 56.7 Å². The highest BCUT2D eigenvalue weighted by Gasteiger charge is 2.45. The van der Waals surface area contributed by atoms with E-state index in [4.69, 9.17) is 14.2 Å². The molecule has 0 spiro atoms. The van der Waals surface area contributed by atoms with Crippen LogP contribution in [0, 0.1) is 0 Å². The van der Waals surface area contributed by atoms with Gasteiger partial charge in [-0.2, -0.15) is 0 Å². The van der Waals surface area contributed by atoms with E-state index in [1.807, 2.05) is 31.2 Å². The topological polar surface area (TPSA) is 85.3 Å². The second kappa shape index (κ2) is 13.0. The first-order valence-electron chi connectivity index (χ1n) is 12.2. The van der Waals surface area contributed by atoms with Crippen LogP contribution < -0.4 is 9.47 Å². The van der Waals surface area contributed by atoms with Crippen molar-refractivity contribution in [1.29, 1.82) is 0 Å². The highest BCUT2D eigenvalue weighted by molar-refractivity contribution is 6.46. The molecule has 1 atom stereocenters. The molecular formula is C28H35NO6. The van der Waals surface area contributed by atoms with Gasteiger partial charge in [0.05, 0.1) is 24.8 Å². The second-order valence-corrected chi connectivity index (χ2v) is 8.42. The molecule has 7 heteroatoms. The number of benzene rings is 2. The minimum Gasteiger partial charge on any atom is -0.507 e. The lowest BCUT2D eigenvalue weighted by atomic mass is 9.95. The lowest BCUT2D eigenvalue weighted by molar-refractivity contribution is -0.140. The predicted octanol–water partition coefficient (Wildman–Crippen LogP) is 5.11. The maximum atomic E-state index is 13.1. The Labute approximate surface area is 207 Å². The maximum absolute atomic E-state index is 13.1. The smallest absolute Gasteiger partial charge is 0.295 e. The highest BCUT2D eigenvalue weighted by Crippen LogP contribution is 2.40. The zero-order valence-corrected chi connectivity index (χ0v) is 20.8. The Morgan fingerprint density at radius 3 is 2.40 bits per heavy atom. The molecule has 188 valence electrons. The summed E-state index contributed by atoms with van der Waals surface area (Å²) < 4.78 is 16.5. The summed E-state index contributed by atoms with van der Waals surface area (Å²) in [6.07, 6.45) is 3.77. The van der Waals surface area contributed by atoms with Gasteiger partial charge in [0.2, 0.25) is 0 Å². The van der Waals surface area contributed by atoms with Gasteiger partial charge >= 0.3 is 0 Å². The van der Waals surface area contributed by atoms with Crippen molar-refractivity contribution in [3.63, 3.8) is 0 Å². The Bertz CT molecular complexity index is 1030. The molecule has 1 fully saturated rings. The molecule has 3 rings (SSSR count). The SMILES string of the molecule is CCCCCOc1ccc(/C(O)=C2/C(=O)C(=O)N(CCCOC)C2c2cccc(OCC)c2)cc1. The average molecular weight is 482 g/mol. The first-order valence-corrected chi connectivity index (χ1v) is 12.2. The number of aliphatic hydroxyl groups is 1. The molecule has 35 heavy (non-hydrogen) atoms. The molecule has 1 aliphatic rings. The van der Waals surface area contributed by atoms with Crippen molar-refractivity contribution in [1.82, 2.24) is 4.90 Å². The Hall–Kier alpha value is -3.32. The normalized spacial score (nSPS) is 17.1. The number of unbranched alkanes of at least 4 members (excludes halogenated alkanes) is 2. The number of carbonyl (C=O) groups excluding carboxylic acids is 2. The number of ether oxygens (including phenoxy) is 3. The molecule has 0 aromatic heterocycles. The average Bonchev–Trinajstić information content (AvgIpc) is 3.12. The van der Waals surface area contributed by atoms with Gasteiger partial charge < -0.3 is 24.2 Å². The number of amides is 1. The quantitative estimate of drug-likeness (QED) is 0.185. The van der Waals surface area contributed by atoms with E-state index >= 15 is 0 Å². The summed E-state index contributed by atoms with van der Waals surface area (Å²) >= 11 is 0. The van der Waals surface area contributed by atoms with Gasteiger partial charge in [-0.05, 0) is 61.7 Å². The van der Waals surface area contributed by atoms with Crippen LogP contribution in [0.3, 0.4) is 0 Å². The molecule has 2 aromatic rings. The van der Waals surface area contributed by atoms with E-state index in [0.29, 0.717) is 55.4 Å². The lowest BCUT2D eigenvalue weighted by Crippen LogP contribution is -2.31. The summed E-state index contributed by atoms with van der Waals surface area (Å²) in [5, 5.41) is 11.2. The van der Waals surface area contributed by atoms with Gasteiger partial charge in [-0.15, -0.1) is 0 Å². The molecule has 0 radical (unpaired) electrons. The van der Waals surface area contributed by atoms with Crippen LogP contribution >= 0.6 is 0 Å². The van der Waals surface area contributed by atoms with Gasteiger partial charge in [-0.1, -0.05) is 31.9 Å². The summed E-state index contributed by atoms with van der Waals surface area (Å²) in [5.74, 6) is -0.213. The van der Waals surface area contributed by atoms with Crippen LogP contribution in [-0.4, -0.2) is 55.2 Å². The Morgan fingerprint density at radius 2 is 1.71 bits per heavy atom. The van der Waals surface area contributed by atoms with Crippen molar-refractivity contribution in [2.75, 3.05) is 33.5 Å². The van der Waals surface area contributed by atoms with E-state index in [-0.39, 0.29) is 11.3 Å². The number of rotatable bonds is 13. The molecule has 1 amide bonds. The van der Waals surface area contributed by atoms with Gasteiger partial charge in [0, 0.05) is 25.8 Å². The number of methoxy groups -OCH3 is 1. The maximum Gasteiger partial charge on any atom is 0.295 e. The zero-order valence-electron chi connectivity index (χ0n) is 20.8. The first kappa shape index (κ1) is 26.3. The Kier molecular flexibility index (Phi) is 9.73. The van der Waals surface area contributed by atoms with Crippen LogP contribution in [0.15, 0.2) is 54.1 Å². The number of Topliss-reactive ketones (excluding diaryl/α,β-unsaturated/α-hetero) is 1. The number of nitrogens with zero attached hydrogens (tertiary/aromatic N) is 1. The fourth-order valence-electron chi connectivity index (χ4n) is 4.18. The predicted molar refractivity (Wildman–Crippen MR) is 135 cm³/mol. The molecule has 2 aromatic carbocycles. The summed E-state index contributed by atoms with van der Waals surface area (Å²) in [6.45, 7) is 5.92. The Balaban J connectivity index is 1.97. The molecule has 1 aliphatic heterocycles. The molecule has 7 nitrogen and oxygen atoms in total. The third-order valence-electron chi connectivity index (χ3n) is 5.92. The lowest BCUT2D eigenvalue weighted by Gasteiger charge is -2.25. The van der Waals surface area contributed by atoms with Crippen LogP contribution in [-0.2, 0) is 14.3 Å². The molecular weight excluding hydrogens is 446 g/mol. The summed E-state index contributed by atoms with van der Waals surface area (Å²) in [4.78, 5) is 27.6. The van der Waals surface area contributed by atoms with Crippen LogP contribution in [0.4, 0.5) is 0 Å². The largest absolute Gasteiger partial charge is 0.507 e. The number of hydrogen-bond donors (Lipinski definition) is 1. The van der Waals surface area contributed by atoms with E-state index in [2.05, 4.69) is 6.92 Å². The van der Waals surface area contributed by atoms with Crippen molar-refractivity contribution < 1.29 is 28.9 Å². The van der Waals surface area contributed by atoms with Crippen molar-refractivity contribution in [2.24, 2.45) is 0 Å². The minimum absolute atomic E-state index is 0.0673. The standard InChI is InChI=1S/C28H35NO6/c1-4-6-7-18-35-22-14-12-20(13-15-22)26(30)24-25(21-10-8-11-23(19-21)34-5-2)29(16-9-17-33-3)28(32)27(24)31/h8,10-15,19,25,30H,4-7,9,16-18H2,1-3H3/b26-24-. The third-order valence-corrected chi connectivity index (χ3v) is 5.92. The fraction of sp³-hybridized carbons (Fsp3) is 0.429. The molecule has 1 N–H and O–H groups in total. The van der Waals surface area contributed by atoms with Gasteiger partial charge in [-0.3, -0.25) is 9.59 Å². The van der Waals surface area contributed by atoms with Crippen molar-refractivity contribution in [3.05, 3.63) is 65.2 Å². The zero-order chi connectivity index (χ0) is 25.2. The number of carbonyl (C=O) groups is 2. The first-order chi connectivity index (χ1) is 17.0. The van der Waals surface area contributed by atoms with Gasteiger partial charge in [0.1, 0.15) is 17.3 Å². The molecule has 0 bridgehead atoms. The van der Waals surface area contributed by atoms with Gasteiger partial charge in [-0.25, -0.2) is 0 Å². The molecule has 0 aliphatic carbocycles. The molecule has 0 saturated carbocycles. The second-order valence-electron chi connectivity index (χ2n) is 8.42. The van der Waals surface area contributed by atoms with Crippen molar-refractivity contribution in [3.8, 4) is 11.5 Å². The van der Waals surface area contributed by atoms with E-state index in [1.54, 1.807) is 31.4 Å². The number of ketones is 1. The van der Waals surface area contributed by atoms with E-state index in [0.717, 1.165) is 19.3 Å². The van der Waals surface area contributed by atoms with Crippen molar-refractivity contribution >= 4 is 17.4 Å². The number of hydrogen-bond acceptors (Lipinski definition) is 6. The molecule has 1 saturated heterocycles. The molecule has 1 heterocycles. The van der Waals surface area contributed by atoms with Gasteiger partial charge in [0.25, 0.3) is 11.7 Å². The van der Waals surface area contributed by atoms with E-state index < -0.39 is 17.7 Å². The van der Waals surface area contributed by atoms with Crippen molar-refractivity contribution in [2.45, 2.75) is 45.6 Å². The summed E-state index contributed by atoms with van der Waals surface area (Å²) in [6, 6.07) is 13.5. The molecule has 1 unspecified atom stereocenters. The summed E-state index contributed by atoms with van der Waals surface area (Å²) in [5.41, 5.74) is 1.22. The van der Waals surface area contributed by atoms with E-state index in [1.165, 1.54) is 4.90 Å². The third kappa shape index (κ3) is 6.42. The minimum atomic E-state index is -0.725. The number of likely N-dealkylation sites (tertiary alicyclic amines) is 1. The fourth-order valence-corrected chi connectivity index (χ4v) is 4.18. The van der Waals surface area contributed by atoms with Crippen LogP contribution in [0.2, 0.25) is 0 Å². The summed E-state index contributed by atoms with van der Waals surface area (Å²) in [7, 11) is 1.59. The Morgan fingerprint density at radius 1 is 0.943 bits per heavy atom. The van der Waals surface area contributed by atoms with Gasteiger partial charge in [0.15, 0.2) is 0 Å². The monoisotopic (exact) mass is 481 g/mol. The van der Waals surface area contributed by atoms with Crippen LogP contribution in [0.5, 0.6) is 11.5 Å². The number of aliphatic hydroxyl groups excluding tert-OH is 1. The highest BCUT2D eigenvalue weighted by atomic mass is 16.5. The van der Waals surface area contributed by atoms with E-state index in [9.17, 15) is 14.7 Å².